The molecule has 0 bridgehead atoms. The highest BCUT2D eigenvalue weighted by Crippen LogP contribution is 2.11. The van der Waals surface area contributed by atoms with Crippen LogP contribution in [-0.4, -0.2) is 11.7 Å². The molecule has 1 atom stereocenters. The molecule has 3 heteroatoms. The standard InChI is InChI=1S/C8H11FN2/c9-4-1-8(10)7-2-5-11-6-3-7/h2-3,5-6,8H,1,4,10H2/t8-/m1/s1. The van der Waals surface area contributed by atoms with Crippen LogP contribution < -0.4 is 5.73 Å². The molecular weight excluding hydrogens is 143 g/mol. The Bertz CT molecular complexity index is 201. The molecule has 0 saturated carbocycles. The summed E-state index contributed by atoms with van der Waals surface area (Å²) in [5, 5.41) is 0. The molecule has 0 radical (unpaired) electrons. The summed E-state index contributed by atoms with van der Waals surface area (Å²) in [5.41, 5.74) is 6.58. The molecule has 1 heterocycles. The van der Waals surface area contributed by atoms with Crippen molar-refractivity contribution in [3.05, 3.63) is 30.1 Å². The Labute approximate surface area is 65.3 Å². The van der Waals surface area contributed by atoms with Gasteiger partial charge < -0.3 is 5.73 Å². The molecule has 1 rings (SSSR count). The number of rotatable bonds is 3. The molecule has 0 aliphatic rings. The van der Waals surface area contributed by atoms with Crippen LogP contribution in [-0.2, 0) is 0 Å². The Hall–Kier alpha value is -0.960. The van der Waals surface area contributed by atoms with Crippen molar-refractivity contribution in [1.29, 1.82) is 0 Å². The minimum Gasteiger partial charge on any atom is -0.324 e. The van der Waals surface area contributed by atoms with Crippen LogP contribution in [0.4, 0.5) is 4.39 Å². The quantitative estimate of drug-likeness (QED) is 0.715. The lowest BCUT2D eigenvalue weighted by molar-refractivity contribution is 0.442. The van der Waals surface area contributed by atoms with Gasteiger partial charge in [-0.2, -0.15) is 0 Å². The maximum Gasteiger partial charge on any atom is 0.0912 e. The fraction of sp³-hybridized carbons (Fsp3) is 0.375. The van der Waals surface area contributed by atoms with Gasteiger partial charge >= 0.3 is 0 Å². The van der Waals surface area contributed by atoms with Crippen molar-refractivity contribution in [1.82, 2.24) is 4.98 Å². The fourth-order valence-corrected chi connectivity index (χ4v) is 0.895. The second kappa shape index (κ2) is 4.03. The van der Waals surface area contributed by atoms with E-state index in [1.165, 1.54) is 0 Å². The molecule has 0 aromatic carbocycles. The van der Waals surface area contributed by atoms with E-state index >= 15 is 0 Å². The fourth-order valence-electron chi connectivity index (χ4n) is 0.895. The average Bonchev–Trinajstić information content (AvgIpc) is 2.07. The lowest BCUT2D eigenvalue weighted by atomic mass is 10.1. The molecular formula is C8H11FN2. The Balaban J connectivity index is 2.61. The molecule has 0 unspecified atom stereocenters. The molecule has 1 aromatic heterocycles. The van der Waals surface area contributed by atoms with Gasteiger partial charge in [0.15, 0.2) is 0 Å². The predicted octanol–water partition coefficient (Wildman–Crippen LogP) is 1.44. The van der Waals surface area contributed by atoms with Crippen molar-refractivity contribution in [3.8, 4) is 0 Å². The molecule has 0 aliphatic carbocycles. The number of nitrogens with two attached hydrogens (primary N) is 1. The van der Waals surface area contributed by atoms with Crippen molar-refractivity contribution in [3.63, 3.8) is 0 Å². The van der Waals surface area contributed by atoms with Crippen molar-refractivity contribution < 1.29 is 4.39 Å². The zero-order valence-corrected chi connectivity index (χ0v) is 6.20. The van der Waals surface area contributed by atoms with Crippen LogP contribution in [0.1, 0.15) is 18.0 Å². The summed E-state index contributed by atoms with van der Waals surface area (Å²) in [5.74, 6) is 0. The number of hydrogen-bond acceptors (Lipinski definition) is 2. The van der Waals surface area contributed by atoms with Crippen LogP contribution in [0.25, 0.3) is 0 Å². The second-order valence-corrected chi connectivity index (χ2v) is 2.36. The Morgan fingerprint density at radius 2 is 2.09 bits per heavy atom. The number of pyridine rings is 1. The van der Waals surface area contributed by atoms with E-state index in [1.807, 2.05) is 0 Å². The third kappa shape index (κ3) is 2.27. The molecule has 0 amide bonds. The largest absolute Gasteiger partial charge is 0.324 e. The van der Waals surface area contributed by atoms with E-state index in [0.717, 1.165) is 5.56 Å². The van der Waals surface area contributed by atoms with Crippen LogP contribution in [0.2, 0.25) is 0 Å². The first kappa shape index (κ1) is 8.14. The first-order valence-electron chi connectivity index (χ1n) is 3.56. The Morgan fingerprint density at radius 1 is 1.45 bits per heavy atom. The number of aromatic nitrogens is 1. The first-order valence-corrected chi connectivity index (χ1v) is 3.56. The van der Waals surface area contributed by atoms with E-state index in [-0.39, 0.29) is 12.7 Å². The van der Waals surface area contributed by atoms with Gasteiger partial charge in [-0.3, -0.25) is 9.37 Å². The lowest BCUT2D eigenvalue weighted by Gasteiger charge is -2.07. The SMILES string of the molecule is N[C@H](CCF)c1ccncc1. The van der Waals surface area contributed by atoms with Crippen molar-refractivity contribution in [2.45, 2.75) is 12.5 Å². The van der Waals surface area contributed by atoms with Gasteiger partial charge in [0.1, 0.15) is 0 Å². The molecule has 1 aromatic rings. The summed E-state index contributed by atoms with van der Waals surface area (Å²) in [7, 11) is 0. The minimum absolute atomic E-state index is 0.192. The van der Waals surface area contributed by atoms with Crippen molar-refractivity contribution in [2.75, 3.05) is 6.67 Å². The second-order valence-electron chi connectivity index (χ2n) is 2.36. The predicted molar refractivity (Wildman–Crippen MR) is 41.8 cm³/mol. The first-order chi connectivity index (χ1) is 5.34. The Kier molecular flexibility index (Phi) is 2.98. The van der Waals surface area contributed by atoms with Crippen molar-refractivity contribution >= 4 is 0 Å². The highest BCUT2D eigenvalue weighted by molar-refractivity contribution is 5.13. The summed E-state index contributed by atoms with van der Waals surface area (Å²) in [6.07, 6.45) is 3.70. The molecule has 11 heavy (non-hydrogen) atoms. The highest BCUT2D eigenvalue weighted by Gasteiger charge is 2.03. The minimum atomic E-state index is -0.372. The molecule has 0 aliphatic heterocycles. The molecule has 0 fully saturated rings. The van der Waals surface area contributed by atoms with Gasteiger partial charge in [-0.15, -0.1) is 0 Å². The summed E-state index contributed by atoms with van der Waals surface area (Å²) in [4.78, 5) is 3.84. The molecule has 0 spiro atoms. The van der Waals surface area contributed by atoms with Crippen LogP contribution in [0, 0.1) is 0 Å². The number of nitrogens with zero attached hydrogens (tertiary/aromatic N) is 1. The topological polar surface area (TPSA) is 38.9 Å². The van der Waals surface area contributed by atoms with Gasteiger partial charge in [-0.05, 0) is 24.1 Å². The van der Waals surface area contributed by atoms with E-state index in [2.05, 4.69) is 4.98 Å². The van der Waals surface area contributed by atoms with Crippen LogP contribution in [0.15, 0.2) is 24.5 Å². The third-order valence-electron chi connectivity index (χ3n) is 1.55. The van der Waals surface area contributed by atoms with Crippen LogP contribution in [0.5, 0.6) is 0 Å². The van der Waals surface area contributed by atoms with E-state index in [4.69, 9.17) is 5.73 Å². The van der Waals surface area contributed by atoms with Crippen molar-refractivity contribution in [2.24, 2.45) is 5.73 Å². The van der Waals surface area contributed by atoms with Gasteiger partial charge in [-0.25, -0.2) is 0 Å². The van der Waals surface area contributed by atoms with E-state index in [9.17, 15) is 4.39 Å². The van der Waals surface area contributed by atoms with Gasteiger partial charge in [0.2, 0.25) is 0 Å². The van der Waals surface area contributed by atoms with Gasteiger partial charge in [0.25, 0.3) is 0 Å². The highest BCUT2D eigenvalue weighted by atomic mass is 19.1. The Morgan fingerprint density at radius 3 is 2.64 bits per heavy atom. The van der Waals surface area contributed by atoms with E-state index < -0.39 is 0 Å². The lowest BCUT2D eigenvalue weighted by Crippen LogP contribution is -2.10. The smallest absolute Gasteiger partial charge is 0.0912 e. The maximum atomic E-state index is 11.8. The zero-order valence-electron chi connectivity index (χ0n) is 6.20. The van der Waals surface area contributed by atoms with Crippen LogP contribution >= 0.6 is 0 Å². The van der Waals surface area contributed by atoms with E-state index in [0.29, 0.717) is 6.42 Å². The average molecular weight is 154 g/mol. The van der Waals surface area contributed by atoms with Gasteiger partial charge in [-0.1, -0.05) is 0 Å². The normalized spacial score (nSPS) is 12.9. The zero-order chi connectivity index (χ0) is 8.10. The molecule has 0 saturated heterocycles. The molecule has 60 valence electrons. The summed E-state index contributed by atoms with van der Waals surface area (Å²) in [6, 6.07) is 3.42. The number of hydrogen-bond donors (Lipinski definition) is 1. The van der Waals surface area contributed by atoms with Gasteiger partial charge in [0, 0.05) is 18.4 Å². The summed E-state index contributed by atoms with van der Waals surface area (Å²) in [6.45, 7) is -0.372. The molecule has 2 N–H and O–H groups in total. The maximum absolute atomic E-state index is 11.8. The summed E-state index contributed by atoms with van der Waals surface area (Å²) < 4.78 is 11.8. The number of alkyl halides is 1. The summed E-state index contributed by atoms with van der Waals surface area (Å²) >= 11 is 0. The molecule has 2 nitrogen and oxygen atoms in total. The third-order valence-corrected chi connectivity index (χ3v) is 1.55. The number of halogens is 1. The monoisotopic (exact) mass is 154 g/mol. The van der Waals surface area contributed by atoms with E-state index in [1.54, 1.807) is 24.5 Å². The van der Waals surface area contributed by atoms with Gasteiger partial charge in [0.05, 0.1) is 6.67 Å². The van der Waals surface area contributed by atoms with Crippen LogP contribution in [0.3, 0.4) is 0 Å².